The van der Waals surface area contributed by atoms with Gasteiger partial charge in [0.15, 0.2) is 17.5 Å². The Labute approximate surface area is 259 Å². The van der Waals surface area contributed by atoms with Gasteiger partial charge in [0.2, 0.25) is 0 Å². The molecule has 0 fully saturated rings. The number of benzene rings is 5. The number of rotatable bonds is 3. The van der Waals surface area contributed by atoms with Crippen LogP contribution in [0.4, 0.5) is 0 Å². The minimum Gasteiger partial charge on any atom is -0.208 e. The lowest BCUT2D eigenvalue weighted by Crippen LogP contribution is -2.10. The third-order valence-electron chi connectivity index (χ3n) is 7.18. The zero-order valence-corrected chi connectivity index (χ0v) is 25.0. The number of aromatic nitrogens is 3. The molecule has 0 saturated heterocycles. The van der Waals surface area contributed by atoms with E-state index in [2.05, 4.69) is 68.7 Å². The van der Waals surface area contributed by atoms with E-state index in [1.54, 1.807) is 0 Å². The van der Waals surface area contributed by atoms with Crippen LogP contribution in [0.5, 0.6) is 0 Å². The fourth-order valence-corrected chi connectivity index (χ4v) is 4.62. The summed E-state index contributed by atoms with van der Waals surface area (Å²) in [6.45, 7) is 6.63. The Bertz CT molecular complexity index is 1880. The molecule has 1 heterocycles. The van der Waals surface area contributed by atoms with Crippen LogP contribution in [-0.2, 0) is 5.41 Å². The van der Waals surface area contributed by atoms with Gasteiger partial charge in [-0.3, -0.25) is 0 Å². The van der Waals surface area contributed by atoms with E-state index in [9.17, 15) is 0 Å². The first-order chi connectivity index (χ1) is 21.4. The smallest absolute Gasteiger partial charge is 0.164 e. The molecule has 0 bridgehead atoms. The van der Waals surface area contributed by atoms with Crippen LogP contribution in [0.25, 0.3) is 34.2 Å². The van der Waals surface area contributed by atoms with Crippen molar-refractivity contribution in [3.8, 4) is 57.8 Å². The summed E-state index contributed by atoms with van der Waals surface area (Å²) in [5, 5.41) is 0. The third kappa shape index (κ3) is 6.99. The largest absolute Gasteiger partial charge is 0.208 e. The van der Waals surface area contributed by atoms with Gasteiger partial charge in [-0.25, -0.2) is 15.0 Å². The van der Waals surface area contributed by atoms with Crippen molar-refractivity contribution in [2.45, 2.75) is 26.2 Å². The summed E-state index contributed by atoms with van der Waals surface area (Å²) in [5.41, 5.74) is 7.89. The second-order valence-corrected chi connectivity index (χ2v) is 11.5. The molecular formula is C41H31N3. The molecule has 5 aromatic carbocycles. The highest BCUT2D eigenvalue weighted by Gasteiger charge is 2.16. The van der Waals surface area contributed by atoms with Crippen LogP contribution in [0.2, 0.25) is 0 Å². The van der Waals surface area contributed by atoms with Gasteiger partial charge in [-0.1, -0.05) is 105 Å². The molecule has 0 atom stereocenters. The second kappa shape index (κ2) is 12.6. The molecule has 0 radical (unpaired) electrons. The molecule has 6 rings (SSSR count). The van der Waals surface area contributed by atoms with E-state index in [1.807, 2.05) is 109 Å². The van der Waals surface area contributed by atoms with Crippen LogP contribution in [-0.4, -0.2) is 15.0 Å². The van der Waals surface area contributed by atoms with Gasteiger partial charge >= 0.3 is 0 Å². The summed E-state index contributed by atoms with van der Waals surface area (Å²) < 4.78 is 0. The maximum atomic E-state index is 4.91. The fraction of sp³-hybridized carbons (Fsp3) is 0.0976. The van der Waals surface area contributed by atoms with Crippen LogP contribution in [0.3, 0.4) is 0 Å². The van der Waals surface area contributed by atoms with Gasteiger partial charge in [0.25, 0.3) is 0 Å². The zero-order chi connectivity index (χ0) is 30.4. The van der Waals surface area contributed by atoms with Gasteiger partial charge in [0.1, 0.15) is 0 Å². The molecule has 0 aliphatic rings. The Kier molecular flexibility index (Phi) is 8.13. The molecule has 6 aromatic rings. The fourth-order valence-electron chi connectivity index (χ4n) is 4.62. The van der Waals surface area contributed by atoms with Crippen LogP contribution in [0.15, 0.2) is 133 Å². The first-order valence-electron chi connectivity index (χ1n) is 14.6. The van der Waals surface area contributed by atoms with Gasteiger partial charge in [0.05, 0.1) is 0 Å². The molecule has 1 aromatic heterocycles. The number of hydrogen-bond donors (Lipinski definition) is 0. The van der Waals surface area contributed by atoms with Crippen molar-refractivity contribution in [1.82, 2.24) is 15.0 Å². The highest BCUT2D eigenvalue weighted by molar-refractivity contribution is 5.67. The van der Waals surface area contributed by atoms with Crippen LogP contribution < -0.4 is 0 Å². The molecule has 0 saturated carbocycles. The number of hydrogen-bond acceptors (Lipinski definition) is 3. The average molecular weight is 566 g/mol. The van der Waals surface area contributed by atoms with Crippen LogP contribution >= 0.6 is 0 Å². The third-order valence-corrected chi connectivity index (χ3v) is 7.18. The standard InChI is InChI=1S/C41H31N3/c1-41(2,3)37-28-26-36(27-29-37)40-43-38(34-22-18-32(19-23-34)16-14-30-10-6-4-7-11-30)42-39(44-40)35-24-20-33(21-25-35)17-15-31-12-8-5-9-13-31/h4-13,18-29H,1-3H3. The quantitative estimate of drug-likeness (QED) is 0.201. The minimum absolute atomic E-state index is 0.0598. The Balaban J connectivity index is 1.35. The SMILES string of the molecule is CC(C)(C)c1ccc(-c2nc(-c3ccc(C#Cc4ccccc4)cc3)nc(-c3ccc(C#Cc4ccccc4)cc3)n2)cc1. The molecule has 210 valence electrons. The summed E-state index contributed by atoms with van der Waals surface area (Å²) in [6.07, 6.45) is 0. The first kappa shape index (κ1) is 28.4. The summed E-state index contributed by atoms with van der Waals surface area (Å²) in [7, 11) is 0. The Morgan fingerprint density at radius 3 is 0.977 bits per heavy atom. The van der Waals surface area contributed by atoms with E-state index < -0.39 is 0 Å². The Morgan fingerprint density at radius 1 is 0.364 bits per heavy atom. The molecule has 3 nitrogen and oxygen atoms in total. The molecule has 0 aliphatic heterocycles. The average Bonchev–Trinajstić information content (AvgIpc) is 3.07. The maximum absolute atomic E-state index is 4.91. The van der Waals surface area contributed by atoms with Crippen LogP contribution in [0.1, 0.15) is 48.6 Å². The van der Waals surface area contributed by atoms with E-state index in [-0.39, 0.29) is 5.41 Å². The minimum atomic E-state index is 0.0598. The summed E-state index contributed by atoms with van der Waals surface area (Å²) in [6, 6.07) is 44.5. The molecular weight excluding hydrogens is 534 g/mol. The van der Waals surface area contributed by atoms with Gasteiger partial charge in [-0.05, 0) is 83.8 Å². The van der Waals surface area contributed by atoms with Crippen molar-refractivity contribution in [3.63, 3.8) is 0 Å². The van der Waals surface area contributed by atoms with Crippen molar-refractivity contribution in [1.29, 1.82) is 0 Å². The highest BCUT2D eigenvalue weighted by atomic mass is 15.0. The van der Waals surface area contributed by atoms with E-state index in [1.165, 1.54) is 5.56 Å². The van der Waals surface area contributed by atoms with Gasteiger partial charge in [-0.15, -0.1) is 0 Å². The highest BCUT2D eigenvalue weighted by Crippen LogP contribution is 2.28. The topological polar surface area (TPSA) is 38.7 Å². The van der Waals surface area contributed by atoms with Crippen molar-refractivity contribution < 1.29 is 0 Å². The molecule has 0 spiro atoms. The van der Waals surface area contributed by atoms with Crippen molar-refractivity contribution in [2.75, 3.05) is 0 Å². The predicted molar refractivity (Wildman–Crippen MR) is 180 cm³/mol. The molecule has 3 heteroatoms. The molecule has 0 unspecified atom stereocenters. The summed E-state index contributed by atoms with van der Waals surface area (Å²) >= 11 is 0. The second-order valence-electron chi connectivity index (χ2n) is 11.5. The Hall–Kier alpha value is -5.77. The molecule has 0 N–H and O–H groups in total. The number of nitrogens with zero attached hydrogens (tertiary/aromatic N) is 3. The molecule has 0 aliphatic carbocycles. The Morgan fingerprint density at radius 2 is 0.659 bits per heavy atom. The molecule has 0 amide bonds. The monoisotopic (exact) mass is 565 g/mol. The van der Waals surface area contributed by atoms with E-state index in [0.29, 0.717) is 17.5 Å². The first-order valence-corrected chi connectivity index (χ1v) is 14.6. The summed E-state index contributed by atoms with van der Waals surface area (Å²) in [5.74, 6) is 14.8. The van der Waals surface area contributed by atoms with Crippen LogP contribution in [0, 0.1) is 23.7 Å². The van der Waals surface area contributed by atoms with Gasteiger partial charge < -0.3 is 0 Å². The lowest BCUT2D eigenvalue weighted by atomic mass is 9.87. The predicted octanol–water partition coefficient (Wildman–Crippen LogP) is 8.97. The van der Waals surface area contributed by atoms with Crippen molar-refractivity contribution >= 4 is 0 Å². The van der Waals surface area contributed by atoms with E-state index in [0.717, 1.165) is 38.9 Å². The maximum Gasteiger partial charge on any atom is 0.164 e. The van der Waals surface area contributed by atoms with E-state index >= 15 is 0 Å². The normalized spacial score (nSPS) is 10.7. The van der Waals surface area contributed by atoms with Gasteiger partial charge in [-0.2, -0.15) is 0 Å². The van der Waals surface area contributed by atoms with Gasteiger partial charge in [0, 0.05) is 38.9 Å². The lowest BCUT2D eigenvalue weighted by Gasteiger charge is -2.19. The zero-order valence-electron chi connectivity index (χ0n) is 25.0. The lowest BCUT2D eigenvalue weighted by molar-refractivity contribution is 0.590. The van der Waals surface area contributed by atoms with Crippen molar-refractivity contribution in [2.24, 2.45) is 0 Å². The molecule has 44 heavy (non-hydrogen) atoms. The van der Waals surface area contributed by atoms with Crippen molar-refractivity contribution in [3.05, 3.63) is 161 Å². The van der Waals surface area contributed by atoms with E-state index in [4.69, 9.17) is 15.0 Å². The summed E-state index contributed by atoms with van der Waals surface area (Å²) in [4.78, 5) is 14.7.